The molecule has 1 aromatic carbocycles. The van der Waals surface area contributed by atoms with E-state index >= 15 is 0 Å². The number of methoxy groups -OCH3 is 3. The molecule has 1 aromatic rings. The van der Waals surface area contributed by atoms with Crippen molar-refractivity contribution < 1.29 is 23.8 Å². The average Bonchev–Trinajstić information content (AvgIpc) is 2.51. The molecule has 0 atom stereocenters. The molecule has 1 rings (SSSR count). The van der Waals surface area contributed by atoms with Gasteiger partial charge in [0.05, 0.1) is 21.3 Å². The Morgan fingerprint density at radius 2 is 1.82 bits per heavy atom. The molecule has 6 nitrogen and oxygen atoms in total. The Kier molecular flexibility index (Phi) is 5.98. The Bertz CT molecular complexity index is 578. The zero-order valence-corrected chi connectivity index (χ0v) is 13.4. The molecule has 0 spiro atoms. The van der Waals surface area contributed by atoms with Gasteiger partial charge in [-0.15, -0.1) is 0 Å². The number of hydrogen-bond acceptors (Lipinski definition) is 5. The number of ether oxygens (including phenoxy) is 3. The largest absolute Gasteiger partial charge is 0.497 e. The predicted octanol–water partition coefficient (Wildman–Crippen LogP) is 1.78. The zero-order valence-electron chi connectivity index (χ0n) is 13.4. The molecule has 0 fully saturated rings. The maximum absolute atomic E-state index is 11.9. The summed E-state index contributed by atoms with van der Waals surface area (Å²) >= 11 is 0. The molecule has 0 aliphatic heterocycles. The first-order valence-electron chi connectivity index (χ1n) is 6.64. The minimum atomic E-state index is -1.10. The van der Waals surface area contributed by atoms with Crippen LogP contribution in [0.3, 0.4) is 0 Å². The van der Waals surface area contributed by atoms with E-state index in [4.69, 9.17) is 9.47 Å². The van der Waals surface area contributed by atoms with Crippen molar-refractivity contribution in [3.63, 3.8) is 0 Å². The van der Waals surface area contributed by atoms with Gasteiger partial charge in [0, 0.05) is 11.6 Å². The maximum Gasteiger partial charge on any atom is 0.330 e. The van der Waals surface area contributed by atoms with Crippen LogP contribution in [-0.4, -0.2) is 38.7 Å². The molecule has 0 aliphatic rings. The smallest absolute Gasteiger partial charge is 0.330 e. The summed E-state index contributed by atoms with van der Waals surface area (Å²) in [5.41, 5.74) is -0.415. The maximum atomic E-state index is 11.9. The second kappa shape index (κ2) is 7.49. The van der Waals surface area contributed by atoms with E-state index in [0.29, 0.717) is 17.1 Å². The van der Waals surface area contributed by atoms with E-state index in [-0.39, 0.29) is 0 Å². The van der Waals surface area contributed by atoms with Gasteiger partial charge in [-0.3, -0.25) is 4.79 Å². The molecule has 0 aromatic heterocycles. The van der Waals surface area contributed by atoms with Gasteiger partial charge in [-0.1, -0.05) is 0 Å². The molecule has 1 N–H and O–H groups in total. The molecule has 0 saturated carbocycles. The highest BCUT2D eigenvalue weighted by Gasteiger charge is 2.29. The topological polar surface area (TPSA) is 73.9 Å². The summed E-state index contributed by atoms with van der Waals surface area (Å²) in [6.07, 6.45) is 2.91. The van der Waals surface area contributed by atoms with Gasteiger partial charge in [-0.2, -0.15) is 0 Å². The summed E-state index contributed by atoms with van der Waals surface area (Å²) < 4.78 is 15.0. The molecule has 0 heterocycles. The monoisotopic (exact) mass is 307 g/mol. The van der Waals surface area contributed by atoms with Crippen LogP contribution < -0.4 is 14.8 Å². The number of carbonyl (C=O) groups is 2. The predicted molar refractivity (Wildman–Crippen MR) is 82.8 cm³/mol. The van der Waals surface area contributed by atoms with Crippen molar-refractivity contribution in [3.8, 4) is 11.5 Å². The van der Waals surface area contributed by atoms with Crippen molar-refractivity contribution in [1.82, 2.24) is 5.32 Å². The van der Waals surface area contributed by atoms with Gasteiger partial charge in [0.25, 0.3) is 0 Å². The minimum Gasteiger partial charge on any atom is -0.497 e. The summed E-state index contributed by atoms with van der Waals surface area (Å²) in [4.78, 5) is 23.5. The van der Waals surface area contributed by atoms with Crippen LogP contribution in [0.5, 0.6) is 11.5 Å². The first-order chi connectivity index (χ1) is 10.3. The van der Waals surface area contributed by atoms with Gasteiger partial charge in [-0.25, -0.2) is 4.79 Å². The summed E-state index contributed by atoms with van der Waals surface area (Å²) in [6.45, 7) is 3.13. The Balaban J connectivity index is 2.88. The summed E-state index contributed by atoms with van der Waals surface area (Å²) in [7, 11) is 4.37. The third-order valence-corrected chi connectivity index (χ3v) is 2.98. The van der Waals surface area contributed by atoms with Crippen molar-refractivity contribution in [1.29, 1.82) is 0 Å². The first-order valence-corrected chi connectivity index (χ1v) is 6.64. The number of nitrogens with one attached hydrogen (secondary N) is 1. The molecule has 0 bridgehead atoms. The van der Waals surface area contributed by atoms with Crippen LogP contribution in [0.4, 0.5) is 0 Å². The fraction of sp³-hybridized carbons (Fsp3) is 0.375. The lowest BCUT2D eigenvalue weighted by molar-refractivity contribution is -0.148. The molecule has 1 amide bonds. The lowest BCUT2D eigenvalue weighted by Crippen LogP contribution is -2.49. The average molecular weight is 307 g/mol. The molecule has 22 heavy (non-hydrogen) atoms. The normalized spacial score (nSPS) is 11.1. The van der Waals surface area contributed by atoms with E-state index in [9.17, 15) is 9.59 Å². The van der Waals surface area contributed by atoms with Gasteiger partial charge in [0.15, 0.2) is 0 Å². The SMILES string of the molecule is COC(=O)C(C)(C)NC(=O)/C=C/c1cc(OC)ccc1OC. The fourth-order valence-corrected chi connectivity index (χ4v) is 1.79. The summed E-state index contributed by atoms with van der Waals surface area (Å²) in [5, 5.41) is 2.57. The first kappa shape index (κ1) is 17.6. The highest BCUT2D eigenvalue weighted by atomic mass is 16.5. The van der Waals surface area contributed by atoms with E-state index in [2.05, 4.69) is 10.1 Å². The van der Waals surface area contributed by atoms with Crippen LogP contribution in [0.25, 0.3) is 6.08 Å². The summed E-state index contributed by atoms with van der Waals surface area (Å²) in [6, 6.07) is 5.25. The van der Waals surface area contributed by atoms with Gasteiger partial charge < -0.3 is 19.5 Å². The van der Waals surface area contributed by atoms with Crippen molar-refractivity contribution in [2.45, 2.75) is 19.4 Å². The molecule has 0 aliphatic carbocycles. The number of esters is 1. The van der Waals surface area contributed by atoms with Gasteiger partial charge in [0.1, 0.15) is 17.0 Å². The van der Waals surface area contributed by atoms with Gasteiger partial charge >= 0.3 is 5.97 Å². The number of rotatable bonds is 6. The highest BCUT2D eigenvalue weighted by Crippen LogP contribution is 2.25. The number of hydrogen-bond donors (Lipinski definition) is 1. The molecular formula is C16H21NO5. The summed E-state index contributed by atoms with van der Waals surface area (Å²) in [5.74, 6) is 0.321. The van der Waals surface area contributed by atoms with Crippen LogP contribution in [0, 0.1) is 0 Å². The van der Waals surface area contributed by atoms with E-state index in [1.165, 1.54) is 13.2 Å². The quantitative estimate of drug-likeness (QED) is 0.640. The van der Waals surface area contributed by atoms with Crippen molar-refractivity contribution in [2.24, 2.45) is 0 Å². The van der Waals surface area contributed by atoms with Gasteiger partial charge in [0.2, 0.25) is 5.91 Å². The van der Waals surface area contributed by atoms with Crippen molar-refractivity contribution >= 4 is 18.0 Å². The standard InChI is InChI=1S/C16H21NO5/c1-16(2,15(19)22-5)17-14(18)9-6-11-10-12(20-3)7-8-13(11)21-4/h6-10H,1-5H3,(H,17,18)/b9-6+. The van der Waals surface area contributed by atoms with E-state index in [1.807, 2.05) is 0 Å². The number of carbonyl (C=O) groups excluding carboxylic acids is 2. The van der Waals surface area contributed by atoms with Crippen LogP contribution in [-0.2, 0) is 14.3 Å². The third-order valence-electron chi connectivity index (χ3n) is 2.98. The number of benzene rings is 1. The Morgan fingerprint density at radius 3 is 2.36 bits per heavy atom. The highest BCUT2D eigenvalue weighted by molar-refractivity contribution is 5.96. The van der Waals surface area contributed by atoms with Crippen LogP contribution >= 0.6 is 0 Å². The van der Waals surface area contributed by atoms with E-state index < -0.39 is 17.4 Å². The third kappa shape index (κ3) is 4.51. The van der Waals surface area contributed by atoms with Crippen molar-refractivity contribution in [3.05, 3.63) is 29.8 Å². The molecule has 6 heteroatoms. The second-order valence-corrected chi connectivity index (χ2v) is 5.05. The molecule has 0 unspecified atom stereocenters. The van der Waals surface area contributed by atoms with Crippen LogP contribution in [0.1, 0.15) is 19.4 Å². The van der Waals surface area contributed by atoms with Crippen LogP contribution in [0.2, 0.25) is 0 Å². The van der Waals surface area contributed by atoms with E-state index in [0.717, 1.165) is 0 Å². The number of amides is 1. The van der Waals surface area contributed by atoms with E-state index in [1.54, 1.807) is 52.3 Å². The Morgan fingerprint density at radius 1 is 1.14 bits per heavy atom. The minimum absolute atomic E-state index is 0.416. The van der Waals surface area contributed by atoms with Crippen molar-refractivity contribution in [2.75, 3.05) is 21.3 Å². The van der Waals surface area contributed by atoms with Gasteiger partial charge in [-0.05, 0) is 38.1 Å². The molecule has 0 saturated heterocycles. The second-order valence-electron chi connectivity index (χ2n) is 5.05. The molecular weight excluding hydrogens is 286 g/mol. The molecule has 0 radical (unpaired) electrons. The van der Waals surface area contributed by atoms with Crippen LogP contribution in [0.15, 0.2) is 24.3 Å². The Hall–Kier alpha value is -2.50. The fourth-order valence-electron chi connectivity index (χ4n) is 1.79. The Labute approximate surface area is 130 Å². The lowest BCUT2D eigenvalue weighted by atomic mass is 10.1. The lowest BCUT2D eigenvalue weighted by Gasteiger charge is -2.22. The zero-order chi connectivity index (χ0) is 16.8. The molecule has 120 valence electrons.